The highest BCUT2D eigenvalue weighted by atomic mass is 79.9. The van der Waals surface area contributed by atoms with Gasteiger partial charge >= 0.3 is 35.9 Å². The zero-order chi connectivity index (χ0) is 59.6. The minimum Gasteiger partial charge on any atom is -0.481 e. The third kappa shape index (κ3) is 14.9. The zero-order valence-electron chi connectivity index (χ0n) is 45.7. The molecule has 2 unspecified atom stereocenters. The number of aliphatic carboxylic acids is 2. The van der Waals surface area contributed by atoms with Crippen LogP contribution in [0.4, 0.5) is 18.4 Å². The number of esters is 2. The van der Waals surface area contributed by atoms with Crippen LogP contribution in [0.15, 0.2) is 92.1 Å². The molecule has 28 heteroatoms. The van der Waals surface area contributed by atoms with Gasteiger partial charge in [0.25, 0.3) is 0 Å². The maximum absolute atomic E-state index is 13.9. The van der Waals surface area contributed by atoms with Crippen molar-refractivity contribution < 1.29 is 57.2 Å². The fourth-order valence-corrected chi connectivity index (χ4v) is 12.8. The number of nitrogens with zero attached hydrogens (tertiary/aromatic N) is 9. The third-order valence-electron chi connectivity index (χ3n) is 15.0. The van der Waals surface area contributed by atoms with E-state index in [-0.39, 0.29) is 47.7 Å². The molecule has 452 valence electrons. The number of methoxy groups -OCH3 is 2. The molecular weight excluding hydrogens is 1240 g/mol. The SMILES string of the molecule is C.CCC(CN1C[C@@H]2CCCCN2C1=O)C(=O)O.CCC(CN1C[C@@H]2CN(CC3=C(C(=O)OC)[C@H](c4ccc(F)cc4Cl)N=C(c4nccs4)N3)CCN2C1=O)C(=O)O.COC(=O)C1=C(CBr)NC(c2nccs2)=N[C@H]1c1ccc(F)cc1Cl. The Kier molecular flexibility index (Phi) is 22.8. The highest BCUT2D eigenvalue weighted by Gasteiger charge is 2.44. The summed E-state index contributed by atoms with van der Waals surface area (Å²) >= 11 is 18.8. The van der Waals surface area contributed by atoms with E-state index in [9.17, 15) is 42.7 Å². The summed E-state index contributed by atoms with van der Waals surface area (Å²) in [4.78, 5) is 100. The average molecular weight is 1310 g/mol. The van der Waals surface area contributed by atoms with Crippen molar-refractivity contribution in [1.29, 1.82) is 0 Å². The molecule has 4 aromatic rings. The Morgan fingerprint density at radius 3 is 1.62 bits per heavy atom. The number of allylic oxidation sites excluding steroid dienone is 1. The Hall–Kier alpha value is -6.58. The quantitative estimate of drug-likeness (QED) is 0.0569. The number of halogens is 5. The minimum atomic E-state index is -0.911. The number of carboxylic acids is 2. The Balaban J connectivity index is 0.000000199. The van der Waals surface area contributed by atoms with Crippen LogP contribution in [0, 0.1) is 23.5 Å². The van der Waals surface area contributed by atoms with E-state index >= 15 is 0 Å². The lowest BCUT2D eigenvalue weighted by molar-refractivity contribution is -0.143. The maximum atomic E-state index is 13.9. The summed E-state index contributed by atoms with van der Waals surface area (Å²) in [6.07, 6.45) is 7.64. The predicted octanol–water partition coefficient (Wildman–Crippen LogP) is 8.86. The number of thiazole rings is 2. The van der Waals surface area contributed by atoms with E-state index in [1.807, 2.05) is 22.6 Å². The lowest BCUT2D eigenvalue weighted by Gasteiger charge is -2.38. The van der Waals surface area contributed by atoms with E-state index < -0.39 is 59.4 Å². The van der Waals surface area contributed by atoms with Crippen molar-refractivity contribution >= 4 is 109 Å². The number of benzene rings is 2. The second kappa shape index (κ2) is 29.5. The van der Waals surface area contributed by atoms with Crippen LogP contribution in [0.25, 0.3) is 0 Å². The first-order valence-electron chi connectivity index (χ1n) is 26.7. The first-order chi connectivity index (χ1) is 39.9. The summed E-state index contributed by atoms with van der Waals surface area (Å²) in [5.74, 6) is -3.89. The van der Waals surface area contributed by atoms with E-state index in [1.165, 1.54) is 79.7 Å². The molecule has 2 aromatic carbocycles. The summed E-state index contributed by atoms with van der Waals surface area (Å²) in [6.45, 7) is 8.00. The van der Waals surface area contributed by atoms with Crippen LogP contribution in [-0.2, 0) is 28.7 Å². The van der Waals surface area contributed by atoms with E-state index in [4.69, 9.17) is 42.8 Å². The molecule has 6 aliphatic rings. The second-order valence-corrected chi connectivity index (χ2v) is 23.3. The van der Waals surface area contributed by atoms with Gasteiger partial charge in [-0.2, -0.15) is 0 Å². The van der Waals surface area contributed by atoms with Gasteiger partial charge in [-0.1, -0.05) is 72.5 Å². The van der Waals surface area contributed by atoms with Crippen molar-refractivity contribution in [3.63, 3.8) is 0 Å². The van der Waals surface area contributed by atoms with Crippen LogP contribution >= 0.6 is 61.8 Å². The molecule has 4 amide bonds. The number of carbonyl (C=O) groups is 6. The minimum absolute atomic E-state index is 0. The summed E-state index contributed by atoms with van der Waals surface area (Å²) < 4.78 is 37.4. The summed E-state index contributed by atoms with van der Waals surface area (Å²) in [5, 5.41) is 30.5. The van der Waals surface area contributed by atoms with Crippen molar-refractivity contribution in [3.8, 4) is 0 Å². The van der Waals surface area contributed by atoms with Gasteiger partial charge in [-0.3, -0.25) is 24.5 Å². The number of piperazine rings is 1. The number of aliphatic imine (C=N–C) groups is 2. The molecule has 4 saturated heterocycles. The first kappa shape index (κ1) is 65.0. The molecule has 4 fully saturated rings. The monoisotopic (exact) mass is 1300 g/mol. The van der Waals surface area contributed by atoms with Crippen molar-refractivity contribution in [2.75, 3.05) is 78.5 Å². The van der Waals surface area contributed by atoms with Gasteiger partial charge in [0, 0.05) is 120 Å². The average Bonchev–Trinajstić information content (AvgIpc) is 3.14. The number of fused-ring (bicyclic) bond motifs is 2. The molecule has 8 heterocycles. The number of rotatable bonds is 17. The molecule has 6 atom stereocenters. The molecule has 2 aromatic heterocycles. The number of aromatic nitrogens is 2. The molecule has 0 bridgehead atoms. The number of hydrogen-bond donors (Lipinski definition) is 4. The first-order valence-corrected chi connectivity index (χ1v) is 30.4. The van der Waals surface area contributed by atoms with Crippen molar-refractivity contribution in [3.05, 3.63) is 125 Å². The Labute approximate surface area is 511 Å². The molecule has 0 saturated carbocycles. The third-order valence-corrected chi connectivity index (χ3v) is 17.8. The van der Waals surface area contributed by atoms with Crippen LogP contribution in [0.2, 0.25) is 10.0 Å². The normalized spacial score (nSPS) is 21.0. The number of amidine groups is 2. The lowest BCUT2D eigenvalue weighted by Crippen LogP contribution is -2.53. The van der Waals surface area contributed by atoms with Gasteiger partial charge < -0.3 is 49.9 Å². The molecule has 10 rings (SSSR count). The number of nitrogens with one attached hydrogen (secondary N) is 2. The molecule has 4 N–H and O–H groups in total. The topological polar surface area (TPSA) is 252 Å². The number of carboxylic acid groups (broad SMARTS) is 2. The van der Waals surface area contributed by atoms with Gasteiger partial charge in [-0.15, -0.1) is 22.7 Å². The Morgan fingerprint density at radius 2 is 1.19 bits per heavy atom. The Bertz CT molecular complexity index is 3190. The van der Waals surface area contributed by atoms with Crippen molar-refractivity contribution in [2.24, 2.45) is 21.8 Å². The standard InChI is InChI=1S/C27H30ClFN6O5S.C16H12BrClFN3O2S.C12H20N2O3.CH4/c1-3-15(25(36)37)11-34-13-17-12-33(7-8-35(17)27(34)39)14-20-21(26(38)40-2)22(18-5-4-16(29)10-19(18)28)32-23(31-20)24-30-6-9-41-24;1-24-16(23)12-11(7-17)21-14(15-20-4-5-25-15)22-13(12)9-3-2-8(19)6-10(9)18;1-2-9(11(15)16)7-13-8-10-5-3-4-6-14(10)12(13)17;/h4-6,9-10,15,17,22H,3,7-8,11-14H2,1-2H3,(H,31,32)(H,36,37);2-6,13H,7H2,1H3,(H,21,22);9-10H,2-8H2,1H3,(H,15,16);1H4/t15?,17-,22-;13-;9?,10-;/m000./s1. The fraction of sp³-hybridized carbons (Fsp3) is 0.464. The number of amides is 4. The number of ether oxygens (including phenoxy) is 2. The smallest absolute Gasteiger partial charge is 0.338 e. The largest absolute Gasteiger partial charge is 0.481 e. The predicted molar refractivity (Wildman–Crippen MR) is 319 cm³/mol. The van der Waals surface area contributed by atoms with Crippen LogP contribution in [0.3, 0.4) is 0 Å². The van der Waals surface area contributed by atoms with Gasteiger partial charge in [-0.25, -0.2) is 37.9 Å². The van der Waals surface area contributed by atoms with Crippen LogP contribution in [0.5, 0.6) is 0 Å². The highest BCUT2D eigenvalue weighted by molar-refractivity contribution is 9.09. The van der Waals surface area contributed by atoms with Gasteiger partial charge in [0.05, 0.1) is 49.3 Å². The van der Waals surface area contributed by atoms with Gasteiger partial charge in [0.15, 0.2) is 21.7 Å². The fourth-order valence-electron chi connectivity index (χ4n) is 10.7. The highest BCUT2D eigenvalue weighted by Crippen LogP contribution is 2.39. The molecule has 0 spiro atoms. The molecule has 21 nitrogen and oxygen atoms in total. The molecule has 84 heavy (non-hydrogen) atoms. The van der Waals surface area contributed by atoms with Crippen LogP contribution < -0.4 is 10.6 Å². The summed E-state index contributed by atoms with van der Waals surface area (Å²) in [6, 6.07) is 6.45. The number of carbonyl (C=O) groups excluding carboxylic acids is 4. The maximum Gasteiger partial charge on any atom is 0.338 e. The number of piperidine rings is 1. The molecule has 0 radical (unpaired) electrons. The number of alkyl halides is 1. The number of urea groups is 2. The van der Waals surface area contributed by atoms with E-state index in [0.29, 0.717) is 120 Å². The van der Waals surface area contributed by atoms with E-state index in [0.717, 1.165) is 19.4 Å². The van der Waals surface area contributed by atoms with Gasteiger partial charge in [0.1, 0.15) is 23.7 Å². The van der Waals surface area contributed by atoms with E-state index in [1.54, 1.807) is 34.0 Å². The van der Waals surface area contributed by atoms with Crippen LogP contribution in [0.1, 0.15) is 86.6 Å². The number of hydrogen-bond acceptors (Lipinski definition) is 17. The molecule has 0 aliphatic carbocycles. The molecular formula is C56H66BrCl2F2N11O10S2. The van der Waals surface area contributed by atoms with Crippen molar-refractivity contribution in [2.45, 2.75) is 77.5 Å². The van der Waals surface area contributed by atoms with Crippen LogP contribution in [-0.4, -0.2) is 183 Å². The van der Waals surface area contributed by atoms with E-state index in [2.05, 4.69) is 46.4 Å². The molecule has 6 aliphatic heterocycles. The zero-order valence-corrected chi connectivity index (χ0v) is 50.5. The summed E-state index contributed by atoms with van der Waals surface area (Å²) in [5.41, 5.74) is 2.67. The van der Waals surface area contributed by atoms with Crippen molar-refractivity contribution in [1.82, 2.24) is 45.1 Å². The Morgan fingerprint density at radius 1 is 0.714 bits per heavy atom. The second-order valence-electron chi connectivity index (χ2n) is 20.1. The van der Waals surface area contributed by atoms with Gasteiger partial charge in [-0.05, 0) is 56.4 Å². The lowest BCUT2D eigenvalue weighted by atomic mass is 9.95. The summed E-state index contributed by atoms with van der Waals surface area (Å²) in [7, 11) is 2.58. The van der Waals surface area contributed by atoms with Gasteiger partial charge in [0.2, 0.25) is 0 Å².